The first-order chi connectivity index (χ1) is 15.1. The lowest BCUT2D eigenvalue weighted by molar-refractivity contribution is -0.0177. The number of benzene rings is 3. The maximum atomic E-state index is 7.17. The first-order valence-corrected chi connectivity index (χ1v) is 13.4. The van der Waals surface area contributed by atoms with E-state index in [-0.39, 0.29) is 11.1 Å². The maximum absolute atomic E-state index is 7.17. The van der Waals surface area contributed by atoms with Crippen molar-refractivity contribution in [2.45, 2.75) is 64.9 Å². The third-order valence-corrected chi connectivity index (χ3v) is 11.0. The molecule has 1 radical (unpaired) electrons. The number of hydrogen-bond acceptors (Lipinski definition) is 2. The number of ether oxygens (including phenoxy) is 1. The molecule has 32 heavy (non-hydrogen) atoms. The van der Waals surface area contributed by atoms with Crippen LogP contribution in [0.15, 0.2) is 91.0 Å². The van der Waals surface area contributed by atoms with E-state index in [9.17, 15) is 0 Å². The van der Waals surface area contributed by atoms with Crippen molar-refractivity contribution in [2.24, 2.45) is 0 Å². The van der Waals surface area contributed by atoms with Crippen LogP contribution in [0.3, 0.4) is 0 Å². The molecule has 0 heterocycles. The van der Waals surface area contributed by atoms with Crippen molar-refractivity contribution in [1.82, 2.24) is 0 Å². The predicted molar refractivity (Wildman–Crippen MR) is 138 cm³/mol. The zero-order valence-corrected chi connectivity index (χ0v) is 21.3. The van der Waals surface area contributed by atoms with Crippen molar-refractivity contribution >= 4 is 18.7 Å². The van der Waals surface area contributed by atoms with Crippen LogP contribution in [0.5, 0.6) is 0 Å². The SMILES string of the molecule is C[C@@H]([CH]C(C)(C)OCc1ccccc1)O[Si](c1ccccc1)(c1ccccc1)C(C)(C)C. The zero-order chi connectivity index (χ0) is 23.2. The first kappa shape index (κ1) is 24.4. The molecule has 0 aliphatic heterocycles. The van der Waals surface area contributed by atoms with Crippen molar-refractivity contribution in [1.29, 1.82) is 0 Å². The van der Waals surface area contributed by atoms with Crippen LogP contribution in [0.4, 0.5) is 0 Å². The van der Waals surface area contributed by atoms with Crippen LogP contribution in [0.25, 0.3) is 0 Å². The zero-order valence-electron chi connectivity index (χ0n) is 20.3. The Morgan fingerprint density at radius 2 is 1.16 bits per heavy atom. The highest BCUT2D eigenvalue weighted by Gasteiger charge is 2.51. The normalized spacial score (nSPS) is 13.7. The van der Waals surface area contributed by atoms with Gasteiger partial charge in [0.1, 0.15) is 0 Å². The van der Waals surface area contributed by atoms with E-state index >= 15 is 0 Å². The molecule has 2 nitrogen and oxygen atoms in total. The second-order valence-corrected chi connectivity index (χ2v) is 14.3. The molecule has 0 saturated heterocycles. The molecular formula is C29H37O2Si. The minimum Gasteiger partial charge on any atom is -0.404 e. The summed E-state index contributed by atoms with van der Waals surface area (Å²) in [6.45, 7) is 13.9. The minimum absolute atomic E-state index is 0.0488. The Labute approximate surface area is 195 Å². The van der Waals surface area contributed by atoms with Crippen LogP contribution in [0.2, 0.25) is 5.04 Å². The van der Waals surface area contributed by atoms with Crippen LogP contribution in [-0.2, 0) is 15.8 Å². The van der Waals surface area contributed by atoms with E-state index in [4.69, 9.17) is 9.16 Å². The summed E-state index contributed by atoms with van der Waals surface area (Å²) in [6, 6.07) is 31.9. The van der Waals surface area contributed by atoms with Gasteiger partial charge in [-0.05, 0) is 41.7 Å². The molecule has 3 aromatic rings. The lowest BCUT2D eigenvalue weighted by Gasteiger charge is -2.45. The highest BCUT2D eigenvalue weighted by atomic mass is 28.4. The molecule has 0 bridgehead atoms. The molecule has 0 amide bonds. The summed E-state index contributed by atoms with van der Waals surface area (Å²) in [7, 11) is -2.59. The Morgan fingerprint density at radius 1 is 0.719 bits per heavy atom. The summed E-state index contributed by atoms with van der Waals surface area (Å²) in [4.78, 5) is 0. The monoisotopic (exact) mass is 445 g/mol. The van der Waals surface area contributed by atoms with E-state index in [1.165, 1.54) is 15.9 Å². The molecule has 0 aliphatic carbocycles. The lowest BCUT2D eigenvalue weighted by atomic mass is 10.0. The largest absolute Gasteiger partial charge is 0.404 e. The van der Waals surface area contributed by atoms with Crippen LogP contribution < -0.4 is 10.4 Å². The highest BCUT2D eigenvalue weighted by Crippen LogP contribution is 2.38. The molecule has 1 atom stereocenters. The quantitative estimate of drug-likeness (QED) is 0.368. The fourth-order valence-corrected chi connectivity index (χ4v) is 9.10. The van der Waals surface area contributed by atoms with Gasteiger partial charge in [-0.2, -0.15) is 0 Å². The molecule has 0 saturated carbocycles. The number of rotatable bonds is 9. The molecule has 0 aliphatic rings. The van der Waals surface area contributed by atoms with Crippen molar-refractivity contribution in [2.75, 3.05) is 0 Å². The summed E-state index contributed by atoms with van der Waals surface area (Å²) in [6.07, 6.45) is 2.13. The van der Waals surface area contributed by atoms with E-state index in [1.807, 2.05) is 18.2 Å². The highest BCUT2D eigenvalue weighted by molar-refractivity contribution is 6.99. The fourth-order valence-electron chi connectivity index (χ4n) is 4.46. The van der Waals surface area contributed by atoms with Gasteiger partial charge in [0.15, 0.2) is 0 Å². The third-order valence-electron chi connectivity index (χ3n) is 5.87. The number of hydrogen-bond donors (Lipinski definition) is 0. The molecular weight excluding hydrogens is 408 g/mol. The second kappa shape index (κ2) is 10.2. The molecule has 0 fully saturated rings. The summed E-state index contributed by atoms with van der Waals surface area (Å²) < 4.78 is 13.4. The second-order valence-electron chi connectivity index (χ2n) is 10.0. The van der Waals surface area contributed by atoms with Crippen molar-refractivity contribution in [3.05, 3.63) is 103 Å². The van der Waals surface area contributed by atoms with E-state index in [0.717, 1.165) is 0 Å². The Bertz CT molecular complexity index is 907. The first-order valence-electron chi connectivity index (χ1n) is 11.5. The topological polar surface area (TPSA) is 18.5 Å². The van der Waals surface area contributed by atoms with Gasteiger partial charge in [0.25, 0.3) is 8.32 Å². The average Bonchev–Trinajstić information content (AvgIpc) is 2.77. The van der Waals surface area contributed by atoms with Crippen LogP contribution in [0.1, 0.15) is 47.1 Å². The van der Waals surface area contributed by atoms with Gasteiger partial charge >= 0.3 is 0 Å². The maximum Gasteiger partial charge on any atom is 0.261 e. The third kappa shape index (κ3) is 5.77. The van der Waals surface area contributed by atoms with Gasteiger partial charge in [0.05, 0.1) is 12.2 Å². The smallest absolute Gasteiger partial charge is 0.261 e. The van der Waals surface area contributed by atoms with E-state index in [2.05, 4.69) is 121 Å². The van der Waals surface area contributed by atoms with E-state index in [1.54, 1.807) is 0 Å². The van der Waals surface area contributed by atoms with Gasteiger partial charge in [-0.15, -0.1) is 0 Å². The summed E-state index contributed by atoms with van der Waals surface area (Å²) in [5, 5.41) is 2.54. The van der Waals surface area contributed by atoms with Gasteiger partial charge in [-0.25, -0.2) is 0 Å². The molecule has 3 aromatic carbocycles. The summed E-state index contributed by atoms with van der Waals surface area (Å²) >= 11 is 0. The van der Waals surface area contributed by atoms with Crippen LogP contribution >= 0.6 is 0 Å². The van der Waals surface area contributed by atoms with Crippen LogP contribution in [0, 0.1) is 6.42 Å². The Morgan fingerprint density at radius 3 is 1.59 bits per heavy atom. The van der Waals surface area contributed by atoms with Gasteiger partial charge < -0.3 is 9.16 Å². The molecule has 169 valence electrons. The molecule has 0 N–H and O–H groups in total. The summed E-state index contributed by atoms with van der Waals surface area (Å²) in [5.41, 5.74) is 0.759. The van der Waals surface area contributed by atoms with Crippen molar-refractivity contribution in [3.63, 3.8) is 0 Å². The standard InChI is InChI=1S/C29H37O2Si/c1-24(22-29(5,6)30-23-25-16-10-7-11-17-25)31-32(28(2,3)4,26-18-12-8-13-19-26)27-20-14-9-15-21-27/h7-22,24H,23H2,1-6H3/t24-/m0/s1. The Kier molecular flexibility index (Phi) is 7.76. The molecule has 3 heteroatoms. The minimum atomic E-state index is -2.59. The van der Waals surface area contributed by atoms with Crippen molar-refractivity contribution < 1.29 is 9.16 Å². The van der Waals surface area contributed by atoms with E-state index in [0.29, 0.717) is 6.61 Å². The van der Waals surface area contributed by atoms with Crippen LogP contribution in [-0.4, -0.2) is 20.0 Å². The Balaban J connectivity index is 1.87. The molecule has 0 aromatic heterocycles. The predicted octanol–water partition coefficient (Wildman–Crippen LogP) is 6.15. The van der Waals surface area contributed by atoms with Gasteiger partial charge in [0.2, 0.25) is 0 Å². The molecule has 0 unspecified atom stereocenters. The van der Waals surface area contributed by atoms with Gasteiger partial charge in [-0.3, -0.25) is 0 Å². The fraction of sp³-hybridized carbons (Fsp3) is 0.345. The summed E-state index contributed by atoms with van der Waals surface area (Å²) in [5.74, 6) is 0. The van der Waals surface area contributed by atoms with Gasteiger partial charge in [-0.1, -0.05) is 112 Å². The molecule has 0 spiro atoms. The van der Waals surface area contributed by atoms with Gasteiger partial charge in [0, 0.05) is 12.5 Å². The Hall–Kier alpha value is -2.20. The molecule has 3 rings (SSSR count). The van der Waals surface area contributed by atoms with E-state index < -0.39 is 13.9 Å². The average molecular weight is 446 g/mol. The lowest BCUT2D eigenvalue weighted by Crippen LogP contribution is -2.67. The van der Waals surface area contributed by atoms with Crippen molar-refractivity contribution in [3.8, 4) is 0 Å².